The first-order valence-corrected chi connectivity index (χ1v) is 8.82. The topological polar surface area (TPSA) is 80.8 Å². The molecule has 1 atom stereocenters. The summed E-state index contributed by atoms with van der Waals surface area (Å²) in [5.74, 6) is 0.578. The predicted octanol–water partition coefficient (Wildman–Crippen LogP) is 1.81. The van der Waals surface area contributed by atoms with E-state index in [9.17, 15) is 9.59 Å². The maximum Gasteiger partial charge on any atom is 0.227 e. The molecule has 1 aliphatic heterocycles. The number of amides is 2. The number of ether oxygens (including phenoxy) is 2. The molecule has 2 heterocycles. The van der Waals surface area contributed by atoms with Crippen LogP contribution < -0.4 is 19.7 Å². The summed E-state index contributed by atoms with van der Waals surface area (Å²) in [6.07, 6.45) is 2.56. The Kier molecular flexibility index (Phi) is 5.90. The molecule has 0 bridgehead atoms. The first-order valence-electron chi connectivity index (χ1n) is 8.82. The smallest absolute Gasteiger partial charge is 0.227 e. The van der Waals surface area contributed by atoms with Gasteiger partial charge in [0.05, 0.1) is 25.8 Å². The van der Waals surface area contributed by atoms with Crippen LogP contribution in [0.5, 0.6) is 11.5 Å². The SMILES string of the molecule is COc1ccc(OC)c(N2CC(C(=O)NCCc3ccccn3)CC2=O)c1. The second-order valence-corrected chi connectivity index (χ2v) is 6.31. The standard InChI is InChI=1S/C20H23N3O4/c1-26-16-6-7-18(27-2)17(12-16)23-13-14(11-19(23)24)20(25)22-10-8-15-5-3-4-9-21-15/h3-7,9,12,14H,8,10-11,13H2,1-2H3,(H,22,25). The van der Waals surface area contributed by atoms with E-state index in [1.807, 2.05) is 18.2 Å². The van der Waals surface area contributed by atoms with Crippen LogP contribution >= 0.6 is 0 Å². The molecule has 1 N–H and O–H groups in total. The minimum Gasteiger partial charge on any atom is -0.497 e. The highest BCUT2D eigenvalue weighted by atomic mass is 16.5. The quantitative estimate of drug-likeness (QED) is 0.805. The first-order chi connectivity index (χ1) is 13.1. The Balaban J connectivity index is 1.62. The molecule has 1 aromatic heterocycles. The summed E-state index contributed by atoms with van der Waals surface area (Å²) in [6.45, 7) is 0.806. The van der Waals surface area contributed by atoms with Gasteiger partial charge in [0.25, 0.3) is 0 Å². The molecule has 7 heteroatoms. The second kappa shape index (κ2) is 8.53. The highest BCUT2D eigenvalue weighted by molar-refractivity contribution is 6.01. The Morgan fingerprint density at radius 3 is 2.81 bits per heavy atom. The number of hydrogen-bond donors (Lipinski definition) is 1. The Bertz CT molecular complexity index is 810. The maximum absolute atomic E-state index is 12.5. The van der Waals surface area contributed by atoms with Crippen LogP contribution in [-0.2, 0) is 16.0 Å². The van der Waals surface area contributed by atoms with Crippen molar-refractivity contribution in [2.24, 2.45) is 5.92 Å². The average Bonchev–Trinajstić information content (AvgIpc) is 3.09. The van der Waals surface area contributed by atoms with Crippen molar-refractivity contribution in [1.29, 1.82) is 0 Å². The van der Waals surface area contributed by atoms with Crippen LogP contribution in [0, 0.1) is 5.92 Å². The van der Waals surface area contributed by atoms with Crippen molar-refractivity contribution in [3.63, 3.8) is 0 Å². The van der Waals surface area contributed by atoms with E-state index in [1.54, 1.807) is 43.5 Å². The van der Waals surface area contributed by atoms with Crippen molar-refractivity contribution in [2.75, 3.05) is 32.2 Å². The lowest BCUT2D eigenvalue weighted by atomic mass is 10.1. The number of nitrogens with one attached hydrogen (secondary N) is 1. The van der Waals surface area contributed by atoms with Crippen molar-refractivity contribution in [3.8, 4) is 11.5 Å². The van der Waals surface area contributed by atoms with Gasteiger partial charge in [0, 0.05) is 43.9 Å². The summed E-state index contributed by atoms with van der Waals surface area (Å²) in [5, 5.41) is 2.90. The molecule has 27 heavy (non-hydrogen) atoms. The van der Waals surface area contributed by atoms with Gasteiger partial charge in [-0.1, -0.05) is 6.07 Å². The van der Waals surface area contributed by atoms with Gasteiger partial charge < -0.3 is 19.7 Å². The molecule has 0 radical (unpaired) electrons. The zero-order valence-electron chi connectivity index (χ0n) is 15.5. The van der Waals surface area contributed by atoms with Gasteiger partial charge in [-0.2, -0.15) is 0 Å². The molecule has 1 saturated heterocycles. The lowest BCUT2D eigenvalue weighted by molar-refractivity contribution is -0.126. The molecule has 2 aromatic rings. The van der Waals surface area contributed by atoms with Crippen LogP contribution in [0.1, 0.15) is 12.1 Å². The number of carbonyl (C=O) groups is 2. The van der Waals surface area contributed by atoms with E-state index in [2.05, 4.69) is 10.3 Å². The molecule has 0 saturated carbocycles. The molecule has 142 valence electrons. The summed E-state index contributed by atoms with van der Waals surface area (Å²) >= 11 is 0. The predicted molar refractivity (Wildman–Crippen MR) is 101 cm³/mol. The van der Waals surface area contributed by atoms with Crippen molar-refractivity contribution in [1.82, 2.24) is 10.3 Å². The van der Waals surface area contributed by atoms with Gasteiger partial charge in [0.2, 0.25) is 11.8 Å². The number of carbonyl (C=O) groups excluding carboxylic acids is 2. The maximum atomic E-state index is 12.5. The molecular weight excluding hydrogens is 346 g/mol. The summed E-state index contributed by atoms with van der Waals surface area (Å²) in [5.41, 5.74) is 1.54. The average molecular weight is 369 g/mol. The van der Waals surface area contributed by atoms with Crippen molar-refractivity contribution in [2.45, 2.75) is 12.8 Å². The third-order valence-electron chi connectivity index (χ3n) is 4.58. The molecule has 1 aromatic carbocycles. The third kappa shape index (κ3) is 4.36. The Hall–Kier alpha value is -3.09. The van der Waals surface area contributed by atoms with E-state index in [0.717, 1.165) is 5.69 Å². The molecule has 7 nitrogen and oxygen atoms in total. The largest absolute Gasteiger partial charge is 0.497 e. The van der Waals surface area contributed by atoms with Crippen molar-refractivity contribution < 1.29 is 19.1 Å². The van der Waals surface area contributed by atoms with Crippen LogP contribution in [0.2, 0.25) is 0 Å². The van der Waals surface area contributed by atoms with E-state index in [0.29, 0.717) is 36.7 Å². The first kappa shape index (κ1) is 18.7. The zero-order valence-corrected chi connectivity index (χ0v) is 15.5. The number of hydrogen-bond acceptors (Lipinski definition) is 5. The van der Waals surface area contributed by atoms with Crippen molar-refractivity contribution in [3.05, 3.63) is 48.3 Å². The molecule has 3 rings (SSSR count). The molecule has 1 unspecified atom stereocenters. The van der Waals surface area contributed by atoms with Crippen LogP contribution in [0.3, 0.4) is 0 Å². The monoisotopic (exact) mass is 369 g/mol. The van der Waals surface area contributed by atoms with Crippen LogP contribution in [0.15, 0.2) is 42.6 Å². The molecule has 0 spiro atoms. The number of nitrogens with zero attached hydrogens (tertiary/aromatic N) is 2. The fourth-order valence-corrected chi connectivity index (χ4v) is 3.13. The number of benzene rings is 1. The fourth-order valence-electron chi connectivity index (χ4n) is 3.13. The number of pyridine rings is 1. The molecular formula is C20H23N3O4. The minimum absolute atomic E-state index is 0.105. The van der Waals surface area contributed by atoms with Gasteiger partial charge in [-0.15, -0.1) is 0 Å². The molecule has 0 aliphatic carbocycles. The highest BCUT2D eigenvalue weighted by Gasteiger charge is 2.36. The normalized spacial score (nSPS) is 16.3. The van der Waals surface area contributed by atoms with Crippen LogP contribution in [0.4, 0.5) is 5.69 Å². The van der Waals surface area contributed by atoms with E-state index in [4.69, 9.17) is 9.47 Å². The van der Waals surface area contributed by atoms with E-state index in [1.165, 1.54) is 0 Å². The fraction of sp³-hybridized carbons (Fsp3) is 0.350. The molecule has 2 amide bonds. The lowest BCUT2D eigenvalue weighted by Crippen LogP contribution is -2.34. The number of methoxy groups -OCH3 is 2. The van der Waals surface area contributed by atoms with Crippen LogP contribution in [0.25, 0.3) is 0 Å². The number of anilines is 1. The van der Waals surface area contributed by atoms with E-state index >= 15 is 0 Å². The molecule has 1 aliphatic rings. The Labute approximate surface area is 158 Å². The summed E-state index contributed by atoms with van der Waals surface area (Å²) in [4.78, 5) is 30.8. The second-order valence-electron chi connectivity index (χ2n) is 6.31. The molecule has 1 fully saturated rings. The Morgan fingerprint density at radius 2 is 2.11 bits per heavy atom. The van der Waals surface area contributed by atoms with Crippen LogP contribution in [-0.4, -0.2) is 44.1 Å². The van der Waals surface area contributed by atoms with Gasteiger partial charge in [0.1, 0.15) is 11.5 Å². The third-order valence-corrected chi connectivity index (χ3v) is 4.58. The van der Waals surface area contributed by atoms with Gasteiger partial charge in [-0.25, -0.2) is 0 Å². The van der Waals surface area contributed by atoms with E-state index < -0.39 is 5.92 Å². The zero-order chi connectivity index (χ0) is 19.2. The summed E-state index contributed by atoms with van der Waals surface area (Å²) in [6, 6.07) is 11.0. The Morgan fingerprint density at radius 1 is 1.26 bits per heavy atom. The number of rotatable bonds is 7. The van der Waals surface area contributed by atoms with Crippen molar-refractivity contribution >= 4 is 17.5 Å². The summed E-state index contributed by atoms with van der Waals surface area (Å²) in [7, 11) is 3.11. The van der Waals surface area contributed by atoms with Gasteiger partial charge in [-0.05, 0) is 24.3 Å². The van der Waals surface area contributed by atoms with Gasteiger partial charge >= 0.3 is 0 Å². The highest BCUT2D eigenvalue weighted by Crippen LogP contribution is 2.36. The van der Waals surface area contributed by atoms with E-state index in [-0.39, 0.29) is 18.2 Å². The minimum atomic E-state index is -0.392. The summed E-state index contributed by atoms with van der Waals surface area (Å²) < 4.78 is 10.6. The van der Waals surface area contributed by atoms with Gasteiger partial charge in [0.15, 0.2) is 0 Å². The lowest BCUT2D eigenvalue weighted by Gasteiger charge is -2.20. The number of aromatic nitrogens is 1. The van der Waals surface area contributed by atoms with Gasteiger partial charge in [-0.3, -0.25) is 14.6 Å².